The smallest absolute Gasteiger partial charge is 0.248 e. The molecule has 3 N–H and O–H groups in total. The van der Waals surface area contributed by atoms with Crippen molar-refractivity contribution in [3.8, 4) is 0 Å². The van der Waals surface area contributed by atoms with Gasteiger partial charge in [-0.15, -0.1) is 0 Å². The minimum Gasteiger partial charge on any atom is -0.385 e. The highest BCUT2D eigenvalue weighted by Gasteiger charge is 2.48. The molecule has 2 aromatic carbocycles. The third-order valence-electron chi connectivity index (χ3n) is 6.02. The number of anilines is 1. The maximum atomic E-state index is 11.8. The summed E-state index contributed by atoms with van der Waals surface area (Å²) in [6.45, 7) is 5.32. The Bertz CT molecular complexity index is 849. The maximum absolute atomic E-state index is 11.8. The van der Waals surface area contributed by atoms with Crippen molar-refractivity contribution in [1.82, 2.24) is 0 Å². The summed E-state index contributed by atoms with van der Waals surface area (Å²) in [6, 6.07) is 10.7. The van der Waals surface area contributed by atoms with Gasteiger partial charge in [0.2, 0.25) is 5.91 Å². The minimum atomic E-state index is -0.332. The largest absolute Gasteiger partial charge is 0.385 e. The molecule has 0 spiro atoms. The number of hydrogen-bond acceptors (Lipinski definition) is 2. The van der Waals surface area contributed by atoms with Crippen LogP contribution >= 0.6 is 0 Å². The molecule has 4 rings (SSSR count). The zero-order valence-corrected chi connectivity index (χ0v) is 15.1. The lowest BCUT2D eigenvalue weighted by atomic mass is 9.79. The molecule has 1 aliphatic heterocycles. The predicted octanol–water partition coefficient (Wildman–Crippen LogP) is 4.09. The Morgan fingerprint density at radius 1 is 1.24 bits per heavy atom. The molecule has 0 aromatic heterocycles. The summed E-state index contributed by atoms with van der Waals surface area (Å²) in [6.07, 6.45) is 5.66. The van der Waals surface area contributed by atoms with Gasteiger partial charge in [0.1, 0.15) is 0 Å². The summed E-state index contributed by atoms with van der Waals surface area (Å²) in [5.74, 6) is -0.332. The molecule has 2 aliphatic rings. The third-order valence-corrected chi connectivity index (χ3v) is 6.02. The van der Waals surface area contributed by atoms with Gasteiger partial charge in [0.15, 0.2) is 0 Å². The average Bonchev–Trinajstić information content (AvgIpc) is 3.42. The van der Waals surface area contributed by atoms with E-state index in [9.17, 15) is 4.79 Å². The Hall–Kier alpha value is -2.29. The molecule has 1 aliphatic carbocycles. The maximum Gasteiger partial charge on any atom is 0.248 e. The van der Waals surface area contributed by atoms with Gasteiger partial charge in [0.25, 0.3) is 0 Å². The molecule has 3 nitrogen and oxygen atoms in total. The summed E-state index contributed by atoms with van der Waals surface area (Å²) in [5, 5.41) is 3.60. The summed E-state index contributed by atoms with van der Waals surface area (Å²) in [4.78, 5) is 11.8. The topological polar surface area (TPSA) is 55.1 Å². The van der Waals surface area contributed by atoms with Crippen molar-refractivity contribution < 1.29 is 4.79 Å². The normalized spacial score (nSPS) is 17.5. The molecule has 1 saturated carbocycles. The van der Waals surface area contributed by atoms with E-state index in [1.807, 2.05) is 19.1 Å². The number of carbonyl (C=O) groups excluding carboxylic acids is 1. The van der Waals surface area contributed by atoms with Crippen molar-refractivity contribution in [2.45, 2.75) is 51.4 Å². The molecule has 1 heterocycles. The van der Waals surface area contributed by atoms with Crippen LogP contribution < -0.4 is 11.1 Å². The van der Waals surface area contributed by atoms with Crippen molar-refractivity contribution in [2.75, 3.05) is 11.9 Å². The Labute approximate surface area is 149 Å². The zero-order chi connectivity index (χ0) is 17.6. The van der Waals surface area contributed by atoms with Crippen molar-refractivity contribution in [3.05, 3.63) is 63.7 Å². The van der Waals surface area contributed by atoms with Crippen molar-refractivity contribution in [3.63, 3.8) is 0 Å². The Morgan fingerprint density at radius 3 is 2.72 bits per heavy atom. The van der Waals surface area contributed by atoms with Gasteiger partial charge in [-0.25, -0.2) is 0 Å². The number of amides is 1. The van der Waals surface area contributed by atoms with E-state index in [1.165, 1.54) is 34.4 Å². The molecule has 3 heteroatoms. The molecule has 0 atom stereocenters. The van der Waals surface area contributed by atoms with Crippen LogP contribution in [-0.2, 0) is 18.3 Å². The number of benzene rings is 2. The second-order valence-corrected chi connectivity index (χ2v) is 7.48. The van der Waals surface area contributed by atoms with Crippen LogP contribution in [0.1, 0.15) is 64.4 Å². The molecule has 0 radical (unpaired) electrons. The molecule has 25 heavy (non-hydrogen) atoms. The van der Waals surface area contributed by atoms with Gasteiger partial charge in [-0.05, 0) is 79.0 Å². The van der Waals surface area contributed by atoms with Gasteiger partial charge >= 0.3 is 0 Å². The number of carbonyl (C=O) groups is 1. The van der Waals surface area contributed by atoms with E-state index in [0.717, 1.165) is 37.8 Å². The van der Waals surface area contributed by atoms with Gasteiger partial charge in [-0.3, -0.25) is 4.79 Å². The molecule has 1 amide bonds. The SMILES string of the molecule is CCc1cc2c(c(C3(c4cccc(C(N)=O)c4C)CC3)c1)CCCN2. The highest BCUT2D eigenvalue weighted by atomic mass is 16.1. The van der Waals surface area contributed by atoms with Crippen LogP contribution in [0, 0.1) is 6.92 Å². The van der Waals surface area contributed by atoms with E-state index < -0.39 is 0 Å². The number of fused-ring (bicyclic) bond motifs is 1. The van der Waals surface area contributed by atoms with E-state index in [1.54, 1.807) is 0 Å². The van der Waals surface area contributed by atoms with E-state index >= 15 is 0 Å². The van der Waals surface area contributed by atoms with E-state index in [-0.39, 0.29) is 11.3 Å². The summed E-state index contributed by atoms with van der Waals surface area (Å²) in [7, 11) is 0. The second-order valence-electron chi connectivity index (χ2n) is 7.48. The average molecular weight is 334 g/mol. The molecule has 1 fully saturated rings. The van der Waals surface area contributed by atoms with E-state index in [4.69, 9.17) is 5.73 Å². The van der Waals surface area contributed by atoms with Gasteiger partial charge in [-0.1, -0.05) is 25.1 Å². The van der Waals surface area contributed by atoms with Gasteiger partial charge in [0.05, 0.1) is 0 Å². The van der Waals surface area contributed by atoms with Crippen LogP contribution in [0.5, 0.6) is 0 Å². The fourth-order valence-electron chi connectivity index (χ4n) is 4.51. The highest BCUT2D eigenvalue weighted by Crippen LogP contribution is 2.57. The fourth-order valence-corrected chi connectivity index (χ4v) is 4.51. The van der Waals surface area contributed by atoms with Crippen LogP contribution in [0.2, 0.25) is 0 Å². The van der Waals surface area contributed by atoms with Crippen molar-refractivity contribution >= 4 is 11.6 Å². The first-order valence-corrected chi connectivity index (χ1v) is 9.37. The second kappa shape index (κ2) is 5.91. The molecule has 130 valence electrons. The van der Waals surface area contributed by atoms with E-state index in [0.29, 0.717) is 5.56 Å². The van der Waals surface area contributed by atoms with Gasteiger partial charge < -0.3 is 11.1 Å². The Balaban J connectivity index is 1.90. The van der Waals surface area contributed by atoms with Gasteiger partial charge in [-0.2, -0.15) is 0 Å². The predicted molar refractivity (Wildman–Crippen MR) is 102 cm³/mol. The van der Waals surface area contributed by atoms with Gasteiger partial charge in [0, 0.05) is 23.2 Å². The lowest BCUT2D eigenvalue weighted by molar-refractivity contribution is 0.0999. The Morgan fingerprint density at radius 2 is 2.04 bits per heavy atom. The molecule has 0 saturated heterocycles. The number of hydrogen-bond donors (Lipinski definition) is 2. The first-order valence-electron chi connectivity index (χ1n) is 9.37. The molecular weight excluding hydrogens is 308 g/mol. The third kappa shape index (κ3) is 2.53. The molecule has 0 unspecified atom stereocenters. The van der Waals surface area contributed by atoms with Crippen molar-refractivity contribution in [1.29, 1.82) is 0 Å². The summed E-state index contributed by atoms with van der Waals surface area (Å²) in [5.41, 5.74) is 14.3. The highest BCUT2D eigenvalue weighted by molar-refractivity contribution is 5.94. The Kier molecular flexibility index (Phi) is 3.82. The fraction of sp³-hybridized carbons (Fsp3) is 0.409. The summed E-state index contributed by atoms with van der Waals surface area (Å²) >= 11 is 0. The van der Waals surface area contributed by atoms with Crippen LogP contribution in [0.3, 0.4) is 0 Å². The lowest BCUT2D eigenvalue weighted by Gasteiger charge is -2.28. The molecule has 2 aromatic rings. The molecular formula is C22H26N2O. The first-order chi connectivity index (χ1) is 12.1. The quantitative estimate of drug-likeness (QED) is 0.884. The number of nitrogens with two attached hydrogens (primary N) is 1. The van der Waals surface area contributed by atoms with Crippen LogP contribution in [0.25, 0.3) is 0 Å². The standard InChI is InChI=1S/C22H26N2O/c1-3-15-12-19(17-7-5-11-24-20(17)13-15)22(9-10-22)18-8-4-6-16(14(18)2)21(23)25/h4,6,8,12-13,24H,3,5,7,9-11H2,1-2H3,(H2,23,25). The van der Waals surface area contributed by atoms with Crippen LogP contribution in [0.15, 0.2) is 30.3 Å². The summed E-state index contributed by atoms with van der Waals surface area (Å²) < 4.78 is 0. The van der Waals surface area contributed by atoms with E-state index in [2.05, 4.69) is 30.4 Å². The monoisotopic (exact) mass is 334 g/mol. The van der Waals surface area contributed by atoms with Crippen LogP contribution in [-0.4, -0.2) is 12.5 Å². The molecule has 0 bridgehead atoms. The number of nitrogens with one attached hydrogen (secondary N) is 1. The lowest BCUT2D eigenvalue weighted by Crippen LogP contribution is -2.21. The first kappa shape index (κ1) is 16.2. The van der Waals surface area contributed by atoms with Crippen LogP contribution in [0.4, 0.5) is 5.69 Å². The number of aryl methyl sites for hydroxylation is 1. The number of primary amides is 1. The zero-order valence-electron chi connectivity index (χ0n) is 15.1. The minimum absolute atomic E-state index is 0.0594. The number of rotatable bonds is 4. The van der Waals surface area contributed by atoms with Crippen molar-refractivity contribution in [2.24, 2.45) is 5.73 Å².